The largest absolute Gasteiger partial charge is 0.433 e. The van der Waals surface area contributed by atoms with Gasteiger partial charge in [0.2, 0.25) is 11.9 Å². The third kappa shape index (κ3) is 4.39. The molecular formula is C20H25F3N4O2. The van der Waals surface area contributed by atoms with Crippen LogP contribution in [0.15, 0.2) is 12.1 Å². The van der Waals surface area contributed by atoms with Crippen LogP contribution in [0.25, 0.3) is 11.2 Å². The molecule has 1 unspecified atom stereocenters. The van der Waals surface area contributed by atoms with E-state index in [0.717, 1.165) is 51.0 Å². The lowest BCUT2D eigenvalue weighted by Crippen LogP contribution is -2.26. The number of nitrogens with one attached hydrogen (secondary N) is 1. The maximum atomic E-state index is 13.1. The third-order valence-corrected chi connectivity index (χ3v) is 5.72. The van der Waals surface area contributed by atoms with Crippen LogP contribution >= 0.6 is 0 Å². The Morgan fingerprint density at radius 3 is 2.55 bits per heavy atom. The number of carbonyl (C=O) groups excluding carboxylic acids is 1. The molecule has 158 valence electrons. The van der Waals surface area contributed by atoms with Crippen molar-refractivity contribution in [2.24, 2.45) is 0 Å². The molecule has 2 heterocycles. The minimum atomic E-state index is -4.53. The van der Waals surface area contributed by atoms with Crippen LogP contribution in [0.2, 0.25) is 0 Å². The number of anilines is 1. The number of halogens is 3. The number of rotatable bonds is 6. The molecule has 1 N–H and O–H groups in total. The zero-order chi connectivity index (χ0) is 20.6. The monoisotopic (exact) mass is 410 g/mol. The quantitative estimate of drug-likeness (QED) is 0.739. The number of imidazole rings is 1. The van der Waals surface area contributed by atoms with Crippen LogP contribution in [0.3, 0.4) is 0 Å². The molecule has 2 aliphatic carbocycles. The minimum absolute atomic E-state index is 0.00144. The minimum Gasteiger partial charge on any atom is -0.375 e. The summed E-state index contributed by atoms with van der Waals surface area (Å²) < 4.78 is 46.9. The van der Waals surface area contributed by atoms with Gasteiger partial charge in [-0.05, 0) is 51.2 Å². The average molecular weight is 410 g/mol. The zero-order valence-electron chi connectivity index (χ0n) is 16.3. The summed E-state index contributed by atoms with van der Waals surface area (Å²) in [6.07, 6.45) is 2.63. The van der Waals surface area contributed by atoms with Gasteiger partial charge in [0.1, 0.15) is 11.2 Å². The van der Waals surface area contributed by atoms with Gasteiger partial charge in [-0.25, -0.2) is 9.97 Å². The van der Waals surface area contributed by atoms with Crippen LogP contribution in [-0.4, -0.2) is 32.7 Å². The Balaban J connectivity index is 1.53. The van der Waals surface area contributed by atoms with Gasteiger partial charge in [-0.2, -0.15) is 13.2 Å². The van der Waals surface area contributed by atoms with Gasteiger partial charge in [0.25, 0.3) is 0 Å². The maximum absolute atomic E-state index is 13.1. The van der Waals surface area contributed by atoms with Crippen molar-refractivity contribution in [3.63, 3.8) is 0 Å². The Labute approximate surface area is 166 Å². The Morgan fingerprint density at radius 1 is 1.21 bits per heavy atom. The summed E-state index contributed by atoms with van der Waals surface area (Å²) in [6, 6.07) is 2.23. The second kappa shape index (κ2) is 7.93. The lowest BCUT2D eigenvalue weighted by atomic mass is 9.93. The molecule has 1 atom stereocenters. The average Bonchev–Trinajstić information content (AvgIpc) is 3.20. The fourth-order valence-electron chi connectivity index (χ4n) is 4.05. The summed E-state index contributed by atoms with van der Waals surface area (Å²) in [7, 11) is 0. The first-order valence-electron chi connectivity index (χ1n) is 10.2. The summed E-state index contributed by atoms with van der Waals surface area (Å²) >= 11 is 0. The van der Waals surface area contributed by atoms with Crippen molar-refractivity contribution >= 4 is 23.0 Å². The SMILES string of the molecule is CC(CC(=O)Nc1nc2ccc(C(F)(F)F)nc2n1C1CCC1)OC1CCCC1. The number of ether oxygens (including phenoxy) is 1. The molecule has 1 amide bonds. The van der Waals surface area contributed by atoms with Crippen LogP contribution in [0.4, 0.5) is 19.1 Å². The van der Waals surface area contributed by atoms with Gasteiger partial charge < -0.3 is 4.74 Å². The predicted octanol–water partition coefficient (Wildman–Crippen LogP) is 4.85. The normalized spacial score (nSPS) is 19.4. The Morgan fingerprint density at radius 2 is 1.93 bits per heavy atom. The fraction of sp³-hybridized carbons (Fsp3) is 0.650. The van der Waals surface area contributed by atoms with Crippen molar-refractivity contribution < 1.29 is 22.7 Å². The van der Waals surface area contributed by atoms with Gasteiger partial charge in [-0.15, -0.1) is 0 Å². The first-order valence-corrected chi connectivity index (χ1v) is 10.2. The number of carbonyl (C=O) groups is 1. The number of pyridine rings is 1. The Kier molecular flexibility index (Phi) is 5.50. The van der Waals surface area contributed by atoms with Crippen molar-refractivity contribution in [1.82, 2.24) is 14.5 Å². The number of amides is 1. The molecule has 6 nitrogen and oxygen atoms in total. The lowest BCUT2D eigenvalue weighted by molar-refractivity contribution is -0.141. The van der Waals surface area contributed by atoms with Gasteiger partial charge >= 0.3 is 6.18 Å². The first kappa shape index (κ1) is 20.1. The molecule has 0 spiro atoms. The molecule has 0 aliphatic heterocycles. The van der Waals surface area contributed by atoms with Gasteiger partial charge in [0.15, 0.2) is 5.65 Å². The van der Waals surface area contributed by atoms with Crippen LogP contribution in [0.1, 0.15) is 70.0 Å². The molecule has 2 aliphatic rings. The standard InChI is InChI=1S/C20H25F3N4O2/c1-12(29-14-7-2-3-8-14)11-17(28)26-19-24-15-9-10-16(20(21,22)23)25-18(15)27(19)13-5-4-6-13/h9-10,12-14H,2-8,11H2,1H3,(H,24,26,28). The highest BCUT2D eigenvalue weighted by Gasteiger charge is 2.34. The molecule has 4 rings (SSSR count). The van der Waals surface area contributed by atoms with E-state index in [1.807, 2.05) is 6.92 Å². The van der Waals surface area contributed by atoms with Gasteiger partial charge in [-0.3, -0.25) is 14.7 Å². The van der Waals surface area contributed by atoms with E-state index in [1.54, 1.807) is 4.57 Å². The van der Waals surface area contributed by atoms with Crippen LogP contribution in [0, 0.1) is 0 Å². The van der Waals surface area contributed by atoms with E-state index in [9.17, 15) is 18.0 Å². The fourth-order valence-corrected chi connectivity index (χ4v) is 4.05. The highest BCUT2D eigenvalue weighted by atomic mass is 19.4. The second-order valence-corrected chi connectivity index (χ2v) is 8.03. The van der Waals surface area contributed by atoms with Crippen molar-refractivity contribution in [1.29, 1.82) is 0 Å². The summed E-state index contributed by atoms with van der Waals surface area (Å²) in [6.45, 7) is 1.87. The number of aromatic nitrogens is 3. The third-order valence-electron chi connectivity index (χ3n) is 5.72. The van der Waals surface area contributed by atoms with E-state index in [-0.39, 0.29) is 42.2 Å². The highest BCUT2D eigenvalue weighted by Crippen LogP contribution is 2.38. The number of alkyl halides is 3. The first-order chi connectivity index (χ1) is 13.8. The molecule has 2 aromatic heterocycles. The molecule has 2 aromatic rings. The molecule has 2 fully saturated rings. The van der Waals surface area contributed by atoms with Crippen molar-refractivity contribution in [2.75, 3.05) is 5.32 Å². The van der Waals surface area contributed by atoms with Gasteiger partial charge in [0, 0.05) is 6.04 Å². The molecule has 0 aromatic carbocycles. The molecule has 9 heteroatoms. The zero-order valence-corrected chi connectivity index (χ0v) is 16.3. The van der Waals surface area contributed by atoms with E-state index >= 15 is 0 Å². The number of fused-ring (bicyclic) bond motifs is 1. The molecular weight excluding hydrogens is 385 g/mol. The van der Waals surface area contributed by atoms with Gasteiger partial charge in [-0.1, -0.05) is 12.8 Å². The second-order valence-electron chi connectivity index (χ2n) is 8.03. The summed E-state index contributed by atoms with van der Waals surface area (Å²) in [5, 5.41) is 2.77. The van der Waals surface area contributed by atoms with Crippen LogP contribution in [-0.2, 0) is 15.7 Å². The molecule has 2 saturated carbocycles. The topological polar surface area (TPSA) is 69.0 Å². The van der Waals surface area contributed by atoms with Crippen molar-refractivity contribution in [3.8, 4) is 0 Å². The maximum Gasteiger partial charge on any atom is 0.433 e. The number of hydrogen-bond donors (Lipinski definition) is 1. The van der Waals surface area contributed by atoms with E-state index in [0.29, 0.717) is 5.52 Å². The van der Waals surface area contributed by atoms with Crippen molar-refractivity contribution in [3.05, 3.63) is 17.8 Å². The smallest absolute Gasteiger partial charge is 0.375 e. The van der Waals surface area contributed by atoms with Crippen LogP contribution in [0.5, 0.6) is 0 Å². The number of hydrogen-bond acceptors (Lipinski definition) is 4. The van der Waals surface area contributed by atoms with Crippen LogP contribution < -0.4 is 5.32 Å². The molecule has 0 saturated heterocycles. The Hall–Kier alpha value is -2.16. The molecule has 0 radical (unpaired) electrons. The summed E-state index contributed by atoms with van der Waals surface area (Å²) in [4.78, 5) is 20.7. The van der Waals surface area contributed by atoms with E-state index in [1.165, 1.54) is 6.07 Å². The van der Waals surface area contributed by atoms with E-state index in [4.69, 9.17) is 4.74 Å². The molecule has 29 heavy (non-hydrogen) atoms. The van der Waals surface area contributed by atoms with Crippen molar-refractivity contribution in [2.45, 2.75) is 82.7 Å². The number of nitrogens with zero attached hydrogens (tertiary/aromatic N) is 3. The summed E-state index contributed by atoms with van der Waals surface area (Å²) in [5.74, 6) is -0.00277. The summed E-state index contributed by atoms with van der Waals surface area (Å²) in [5.41, 5.74) is -0.451. The lowest BCUT2D eigenvalue weighted by Gasteiger charge is -2.28. The highest BCUT2D eigenvalue weighted by molar-refractivity contribution is 5.91. The molecule has 0 bridgehead atoms. The van der Waals surface area contributed by atoms with E-state index in [2.05, 4.69) is 15.3 Å². The van der Waals surface area contributed by atoms with E-state index < -0.39 is 11.9 Å². The van der Waals surface area contributed by atoms with Gasteiger partial charge in [0.05, 0.1) is 18.6 Å². The Bertz CT molecular complexity index is 886. The predicted molar refractivity (Wildman–Crippen MR) is 101 cm³/mol.